The smallest absolute Gasteiger partial charge is 0.407 e. The second kappa shape index (κ2) is 12.1. The highest BCUT2D eigenvalue weighted by Gasteiger charge is 2.15. The van der Waals surface area contributed by atoms with Crippen LogP contribution in [0.25, 0.3) is 0 Å². The molecule has 0 aromatic heterocycles. The third-order valence-corrected chi connectivity index (χ3v) is 3.93. The molecule has 3 N–H and O–H groups in total. The zero-order valence-electron chi connectivity index (χ0n) is 18.3. The zero-order valence-corrected chi connectivity index (χ0v) is 18.3. The molecule has 0 unspecified atom stereocenters. The number of guanidine groups is 1. The van der Waals surface area contributed by atoms with Gasteiger partial charge in [-0.05, 0) is 57.7 Å². The molecule has 28 heavy (non-hydrogen) atoms. The number of aliphatic imine (C=N–C) groups is 1. The number of aryl methyl sites for hydroxylation is 1. The van der Waals surface area contributed by atoms with Crippen molar-refractivity contribution in [1.29, 1.82) is 0 Å². The van der Waals surface area contributed by atoms with E-state index in [4.69, 9.17) is 4.74 Å². The van der Waals surface area contributed by atoms with E-state index in [9.17, 15) is 4.79 Å². The van der Waals surface area contributed by atoms with E-state index >= 15 is 0 Å². The van der Waals surface area contributed by atoms with Crippen LogP contribution in [0.1, 0.15) is 39.2 Å². The molecule has 7 heteroatoms. The van der Waals surface area contributed by atoms with Gasteiger partial charge in [0, 0.05) is 46.5 Å². The van der Waals surface area contributed by atoms with Gasteiger partial charge in [0.25, 0.3) is 0 Å². The maximum absolute atomic E-state index is 11.6. The fourth-order valence-corrected chi connectivity index (χ4v) is 2.48. The van der Waals surface area contributed by atoms with Gasteiger partial charge in [0.15, 0.2) is 5.96 Å². The Hall–Kier alpha value is -2.44. The summed E-state index contributed by atoms with van der Waals surface area (Å²) in [6.07, 6.45) is 2.46. The Morgan fingerprint density at radius 1 is 1.00 bits per heavy atom. The van der Waals surface area contributed by atoms with Crippen LogP contribution in [-0.2, 0) is 11.2 Å². The molecule has 1 aromatic rings. The number of benzene rings is 1. The normalized spacial score (nSPS) is 11.7. The number of hydrogen-bond donors (Lipinski definition) is 3. The van der Waals surface area contributed by atoms with E-state index in [2.05, 4.69) is 50.1 Å². The third-order valence-electron chi connectivity index (χ3n) is 3.93. The van der Waals surface area contributed by atoms with Gasteiger partial charge >= 0.3 is 6.09 Å². The largest absolute Gasteiger partial charge is 0.444 e. The summed E-state index contributed by atoms with van der Waals surface area (Å²) in [6, 6.07) is 8.66. The Morgan fingerprint density at radius 2 is 1.57 bits per heavy atom. The Balaban J connectivity index is 2.14. The van der Waals surface area contributed by atoms with Gasteiger partial charge in [-0.25, -0.2) is 4.79 Å². The van der Waals surface area contributed by atoms with E-state index in [-0.39, 0.29) is 6.09 Å². The van der Waals surface area contributed by atoms with Crippen molar-refractivity contribution in [2.24, 2.45) is 4.99 Å². The second-order valence-corrected chi connectivity index (χ2v) is 7.87. The summed E-state index contributed by atoms with van der Waals surface area (Å²) in [5, 5.41) is 9.32. The molecule has 0 atom stereocenters. The molecule has 0 bridgehead atoms. The molecule has 0 aliphatic rings. The fourth-order valence-electron chi connectivity index (χ4n) is 2.48. The van der Waals surface area contributed by atoms with Crippen molar-refractivity contribution in [3.05, 3.63) is 29.8 Å². The van der Waals surface area contributed by atoms with Crippen molar-refractivity contribution < 1.29 is 9.53 Å². The molecule has 0 spiro atoms. The Kier molecular flexibility index (Phi) is 10.2. The van der Waals surface area contributed by atoms with Gasteiger partial charge in [-0.2, -0.15) is 0 Å². The van der Waals surface area contributed by atoms with E-state index in [1.165, 1.54) is 11.3 Å². The van der Waals surface area contributed by atoms with Crippen LogP contribution in [0.5, 0.6) is 0 Å². The van der Waals surface area contributed by atoms with E-state index in [1.54, 1.807) is 7.05 Å². The monoisotopic (exact) mass is 391 g/mol. The van der Waals surface area contributed by atoms with Crippen molar-refractivity contribution in [1.82, 2.24) is 16.0 Å². The summed E-state index contributed by atoms with van der Waals surface area (Å²) in [4.78, 5) is 17.9. The first-order valence-corrected chi connectivity index (χ1v) is 9.89. The van der Waals surface area contributed by atoms with Gasteiger partial charge in [0.1, 0.15) is 5.60 Å². The predicted octanol–water partition coefficient (Wildman–Crippen LogP) is 2.77. The number of amides is 1. The first-order chi connectivity index (χ1) is 13.2. The van der Waals surface area contributed by atoms with Gasteiger partial charge in [0.2, 0.25) is 0 Å². The lowest BCUT2D eigenvalue weighted by Gasteiger charge is -2.19. The summed E-state index contributed by atoms with van der Waals surface area (Å²) in [7, 11) is 5.85. The van der Waals surface area contributed by atoms with Crippen LogP contribution in [0.15, 0.2) is 29.3 Å². The molecule has 1 aromatic carbocycles. The number of carbonyl (C=O) groups excluding carboxylic acids is 1. The number of ether oxygens (including phenoxy) is 1. The van der Waals surface area contributed by atoms with Gasteiger partial charge < -0.3 is 25.6 Å². The number of alkyl carbamates (subject to hydrolysis) is 1. The van der Waals surface area contributed by atoms with E-state index in [0.717, 1.165) is 38.3 Å². The molecule has 0 heterocycles. The van der Waals surface area contributed by atoms with Crippen LogP contribution in [0.3, 0.4) is 0 Å². The van der Waals surface area contributed by atoms with Crippen LogP contribution < -0.4 is 20.9 Å². The number of rotatable bonds is 9. The molecule has 0 saturated heterocycles. The average molecular weight is 392 g/mol. The average Bonchev–Trinajstić information content (AvgIpc) is 2.62. The Bertz CT molecular complexity index is 606. The van der Waals surface area contributed by atoms with Gasteiger partial charge in [-0.1, -0.05) is 12.1 Å². The number of nitrogens with zero attached hydrogens (tertiary/aromatic N) is 2. The molecule has 0 saturated carbocycles. The lowest BCUT2D eigenvalue weighted by Crippen LogP contribution is -2.39. The van der Waals surface area contributed by atoms with Crippen molar-refractivity contribution in [2.75, 3.05) is 45.7 Å². The van der Waals surface area contributed by atoms with Crippen LogP contribution in [-0.4, -0.2) is 58.4 Å². The van der Waals surface area contributed by atoms with Crippen LogP contribution in [0, 0.1) is 0 Å². The van der Waals surface area contributed by atoms with Crippen molar-refractivity contribution >= 4 is 17.7 Å². The van der Waals surface area contributed by atoms with Crippen LogP contribution in [0.2, 0.25) is 0 Å². The Morgan fingerprint density at radius 3 is 2.11 bits per heavy atom. The molecule has 0 aliphatic carbocycles. The summed E-state index contributed by atoms with van der Waals surface area (Å²) >= 11 is 0. The van der Waals surface area contributed by atoms with Crippen molar-refractivity contribution in [3.63, 3.8) is 0 Å². The minimum atomic E-state index is -0.470. The second-order valence-electron chi connectivity index (χ2n) is 7.87. The fraction of sp³-hybridized carbons (Fsp3) is 0.619. The van der Waals surface area contributed by atoms with Gasteiger partial charge in [-0.15, -0.1) is 0 Å². The highest BCUT2D eigenvalue weighted by Crippen LogP contribution is 2.13. The van der Waals surface area contributed by atoms with E-state index < -0.39 is 5.60 Å². The van der Waals surface area contributed by atoms with Gasteiger partial charge in [-0.3, -0.25) is 4.99 Å². The number of anilines is 1. The molecule has 0 radical (unpaired) electrons. The highest BCUT2D eigenvalue weighted by molar-refractivity contribution is 5.79. The maximum atomic E-state index is 11.6. The molecule has 7 nitrogen and oxygen atoms in total. The molecule has 0 fully saturated rings. The highest BCUT2D eigenvalue weighted by atomic mass is 16.6. The summed E-state index contributed by atoms with van der Waals surface area (Å²) in [6.45, 7) is 7.68. The summed E-state index contributed by atoms with van der Waals surface area (Å²) < 4.78 is 5.20. The zero-order chi connectivity index (χ0) is 21.0. The SMILES string of the molecule is CN=C(NCCCNC(=O)OC(C)(C)C)NCCCc1ccc(N(C)C)cc1. The first-order valence-electron chi connectivity index (χ1n) is 9.89. The van der Waals surface area contributed by atoms with E-state index in [0.29, 0.717) is 6.54 Å². The summed E-state index contributed by atoms with van der Waals surface area (Å²) in [5.41, 5.74) is 2.08. The molecule has 158 valence electrons. The number of carbonyl (C=O) groups is 1. The minimum Gasteiger partial charge on any atom is -0.444 e. The molecular weight excluding hydrogens is 354 g/mol. The van der Waals surface area contributed by atoms with E-state index in [1.807, 2.05) is 34.9 Å². The standard InChI is InChI=1S/C21H37N5O2/c1-21(2,3)28-20(27)25-16-8-15-24-19(22-4)23-14-7-9-17-10-12-18(13-11-17)26(5)6/h10-13H,7-9,14-16H2,1-6H3,(H,25,27)(H2,22,23,24). The quantitative estimate of drug-likeness (QED) is 0.343. The lowest BCUT2D eigenvalue weighted by atomic mass is 10.1. The van der Waals surface area contributed by atoms with Crippen molar-refractivity contribution in [2.45, 2.75) is 45.6 Å². The molecule has 1 rings (SSSR count). The Labute approximate surface area is 169 Å². The van der Waals surface area contributed by atoms with Crippen LogP contribution >= 0.6 is 0 Å². The topological polar surface area (TPSA) is 78.0 Å². The molecule has 1 amide bonds. The first kappa shape index (κ1) is 23.6. The molecule has 0 aliphatic heterocycles. The summed E-state index contributed by atoms with van der Waals surface area (Å²) in [5.74, 6) is 0.778. The van der Waals surface area contributed by atoms with Gasteiger partial charge in [0.05, 0.1) is 0 Å². The third kappa shape index (κ3) is 10.6. The minimum absolute atomic E-state index is 0.381. The maximum Gasteiger partial charge on any atom is 0.407 e. The lowest BCUT2D eigenvalue weighted by molar-refractivity contribution is 0.0527. The predicted molar refractivity (Wildman–Crippen MR) is 117 cm³/mol. The molecular formula is C21H37N5O2. The van der Waals surface area contributed by atoms with Crippen molar-refractivity contribution in [3.8, 4) is 0 Å². The van der Waals surface area contributed by atoms with Crippen LogP contribution in [0.4, 0.5) is 10.5 Å². The number of hydrogen-bond acceptors (Lipinski definition) is 4. The number of nitrogens with one attached hydrogen (secondary N) is 3.